The summed E-state index contributed by atoms with van der Waals surface area (Å²) in [6.07, 6.45) is 2.13. The van der Waals surface area contributed by atoms with Crippen molar-refractivity contribution in [2.24, 2.45) is 5.92 Å². The van der Waals surface area contributed by atoms with Crippen LogP contribution < -0.4 is 4.74 Å². The molecule has 0 radical (unpaired) electrons. The van der Waals surface area contributed by atoms with Crippen molar-refractivity contribution in [1.29, 1.82) is 0 Å². The molecule has 1 unspecified atom stereocenters. The molecule has 100 valence electrons. The molecule has 1 N–H and O–H groups in total. The van der Waals surface area contributed by atoms with Crippen molar-refractivity contribution in [2.75, 3.05) is 6.61 Å². The number of carbonyl (C=O) groups is 2. The van der Waals surface area contributed by atoms with Crippen molar-refractivity contribution < 1.29 is 19.4 Å². The van der Waals surface area contributed by atoms with Gasteiger partial charge >= 0.3 is 5.97 Å². The summed E-state index contributed by atoms with van der Waals surface area (Å²) in [5.41, 5.74) is 1.36. The highest BCUT2D eigenvalue weighted by Crippen LogP contribution is 2.32. The summed E-state index contributed by atoms with van der Waals surface area (Å²) in [6.45, 7) is 2.48. The lowest BCUT2D eigenvalue weighted by Gasteiger charge is -2.20. The van der Waals surface area contributed by atoms with E-state index < -0.39 is 11.9 Å². The molecule has 0 fully saturated rings. The quantitative estimate of drug-likeness (QED) is 0.903. The minimum absolute atomic E-state index is 0.0126. The van der Waals surface area contributed by atoms with E-state index in [2.05, 4.69) is 0 Å². The van der Waals surface area contributed by atoms with E-state index in [9.17, 15) is 14.7 Å². The zero-order valence-electron chi connectivity index (χ0n) is 10.8. The molecule has 0 bridgehead atoms. The topological polar surface area (TPSA) is 63.6 Å². The lowest BCUT2D eigenvalue weighted by atomic mass is 9.83. The van der Waals surface area contributed by atoms with Gasteiger partial charge in [-0.25, -0.2) is 0 Å². The minimum atomic E-state index is -0.882. The number of ether oxygens (including phenoxy) is 1. The first kappa shape index (κ1) is 13.3. The highest BCUT2D eigenvalue weighted by molar-refractivity contribution is 6.03. The van der Waals surface area contributed by atoms with Crippen LogP contribution in [0.15, 0.2) is 30.3 Å². The summed E-state index contributed by atoms with van der Waals surface area (Å²) in [5, 5.41) is 9.22. The minimum Gasteiger partial charge on any atom is -0.494 e. The van der Waals surface area contributed by atoms with Gasteiger partial charge in [0.15, 0.2) is 5.78 Å². The lowest BCUT2D eigenvalue weighted by molar-refractivity contribution is -0.140. The second kappa shape index (κ2) is 5.69. The molecule has 0 saturated heterocycles. The number of carboxylic acids is 1. The van der Waals surface area contributed by atoms with Crippen LogP contribution in [-0.2, 0) is 9.59 Å². The van der Waals surface area contributed by atoms with E-state index >= 15 is 0 Å². The number of hydrogen-bond donors (Lipinski definition) is 1. The second-order valence-corrected chi connectivity index (χ2v) is 4.45. The van der Waals surface area contributed by atoms with Crippen molar-refractivity contribution in [1.82, 2.24) is 0 Å². The summed E-state index contributed by atoms with van der Waals surface area (Å²) in [6, 6.07) is 7.17. The molecule has 0 aromatic heterocycles. The number of ketones is 1. The maximum Gasteiger partial charge on any atom is 0.311 e. The van der Waals surface area contributed by atoms with Crippen molar-refractivity contribution in [2.45, 2.75) is 19.8 Å². The van der Waals surface area contributed by atoms with Crippen LogP contribution in [0.25, 0.3) is 5.57 Å². The smallest absolute Gasteiger partial charge is 0.311 e. The average molecular weight is 260 g/mol. The molecule has 2 rings (SSSR count). The Bertz CT molecular complexity index is 513. The van der Waals surface area contributed by atoms with Crippen molar-refractivity contribution >= 4 is 17.3 Å². The Labute approximate surface area is 111 Å². The fourth-order valence-corrected chi connectivity index (χ4v) is 2.24. The maximum absolute atomic E-state index is 11.5. The number of hydrogen-bond acceptors (Lipinski definition) is 3. The van der Waals surface area contributed by atoms with E-state index in [1.165, 1.54) is 6.08 Å². The zero-order valence-corrected chi connectivity index (χ0v) is 10.8. The van der Waals surface area contributed by atoms with Crippen LogP contribution in [-0.4, -0.2) is 23.5 Å². The van der Waals surface area contributed by atoms with Gasteiger partial charge in [-0.3, -0.25) is 9.59 Å². The average Bonchev–Trinajstić information content (AvgIpc) is 2.39. The molecule has 1 atom stereocenters. The molecule has 19 heavy (non-hydrogen) atoms. The van der Waals surface area contributed by atoms with Crippen LogP contribution in [0.4, 0.5) is 0 Å². The Balaban J connectivity index is 2.31. The Kier molecular flexibility index (Phi) is 4.00. The summed E-state index contributed by atoms with van der Waals surface area (Å²) >= 11 is 0. The number of carbonyl (C=O) groups excluding carboxylic acids is 1. The van der Waals surface area contributed by atoms with Gasteiger partial charge in [0.25, 0.3) is 0 Å². The van der Waals surface area contributed by atoms with Crippen LogP contribution in [0.2, 0.25) is 0 Å². The predicted octanol–water partition coefficient (Wildman–Crippen LogP) is 2.53. The van der Waals surface area contributed by atoms with Crippen LogP contribution in [0.1, 0.15) is 25.3 Å². The number of rotatable bonds is 4. The molecule has 1 aliphatic carbocycles. The Morgan fingerprint density at radius 1 is 1.37 bits per heavy atom. The second-order valence-electron chi connectivity index (χ2n) is 4.45. The van der Waals surface area contributed by atoms with E-state index in [4.69, 9.17) is 4.74 Å². The van der Waals surface area contributed by atoms with Gasteiger partial charge in [-0.15, -0.1) is 0 Å². The Morgan fingerprint density at radius 2 is 2.05 bits per heavy atom. The maximum atomic E-state index is 11.5. The fourth-order valence-electron chi connectivity index (χ4n) is 2.24. The van der Waals surface area contributed by atoms with Gasteiger partial charge in [0, 0.05) is 6.42 Å². The summed E-state index contributed by atoms with van der Waals surface area (Å²) in [7, 11) is 0. The van der Waals surface area contributed by atoms with Crippen molar-refractivity contribution in [3.05, 3.63) is 35.9 Å². The van der Waals surface area contributed by atoms with Gasteiger partial charge in [0.2, 0.25) is 0 Å². The lowest BCUT2D eigenvalue weighted by Crippen LogP contribution is -2.21. The number of carboxylic acid groups (broad SMARTS) is 1. The standard InChI is InChI=1S/C15H16O4/c1-2-19-12-6-3-10(4-7-12)14-9-11(16)5-8-13(14)15(17)18/h3-4,6-7,9,13H,2,5,8H2,1H3,(H,17,18). The molecule has 4 nitrogen and oxygen atoms in total. The molecule has 1 aromatic rings. The first-order valence-electron chi connectivity index (χ1n) is 6.32. The summed E-state index contributed by atoms with van der Waals surface area (Å²) in [5.74, 6) is -0.759. The first-order chi connectivity index (χ1) is 9.11. The molecule has 0 spiro atoms. The van der Waals surface area contributed by atoms with Crippen molar-refractivity contribution in [3.8, 4) is 5.75 Å². The zero-order chi connectivity index (χ0) is 13.8. The highest BCUT2D eigenvalue weighted by Gasteiger charge is 2.28. The third kappa shape index (κ3) is 3.02. The number of allylic oxidation sites excluding steroid dienone is 1. The number of benzene rings is 1. The fraction of sp³-hybridized carbons (Fsp3) is 0.333. The van der Waals surface area contributed by atoms with E-state index in [1.54, 1.807) is 24.3 Å². The Hall–Kier alpha value is -2.10. The van der Waals surface area contributed by atoms with Crippen molar-refractivity contribution in [3.63, 3.8) is 0 Å². The highest BCUT2D eigenvalue weighted by atomic mass is 16.5. The Morgan fingerprint density at radius 3 is 2.63 bits per heavy atom. The van der Waals surface area contributed by atoms with E-state index in [0.717, 1.165) is 11.3 Å². The van der Waals surface area contributed by atoms with Gasteiger partial charge < -0.3 is 9.84 Å². The van der Waals surface area contributed by atoms with Crippen LogP contribution in [0, 0.1) is 5.92 Å². The molecule has 1 aliphatic rings. The van der Waals surface area contributed by atoms with Crippen LogP contribution in [0.5, 0.6) is 5.75 Å². The summed E-state index contributed by atoms with van der Waals surface area (Å²) in [4.78, 5) is 22.7. The molecule has 0 aliphatic heterocycles. The van der Waals surface area contributed by atoms with E-state index in [1.807, 2.05) is 6.92 Å². The third-order valence-electron chi connectivity index (χ3n) is 3.17. The van der Waals surface area contributed by atoms with Gasteiger partial charge in [-0.2, -0.15) is 0 Å². The van der Waals surface area contributed by atoms with Gasteiger partial charge in [-0.05, 0) is 42.7 Å². The predicted molar refractivity (Wildman–Crippen MR) is 71.0 cm³/mol. The van der Waals surface area contributed by atoms with Gasteiger partial charge in [0.05, 0.1) is 12.5 Å². The molecule has 1 aromatic carbocycles. The van der Waals surface area contributed by atoms with Gasteiger partial charge in [-0.1, -0.05) is 12.1 Å². The molecule has 0 heterocycles. The van der Waals surface area contributed by atoms with E-state index in [-0.39, 0.29) is 5.78 Å². The third-order valence-corrected chi connectivity index (χ3v) is 3.17. The molecule has 4 heteroatoms. The first-order valence-corrected chi connectivity index (χ1v) is 6.32. The summed E-state index contributed by atoms with van der Waals surface area (Å²) < 4.78 is 5.34. The normalized spacial score (nSPS) is 18.9. The van der Waals surface area contributed by atoms with Crippen LogP contribution in [0.3, 0.4) is 0 Å². The number of aliphatic carboxylic acids is 1. The van der Waals surface area contributed by atoms with Crippen LogP contribution >= 0.6 is 0 Å². The monoisotopic (exact) mass is 260 g/mol. The molecule has 0 amide bonds. The molecular weight excluding hydrogens is 244 g/mol. The van der Waals surface area contributed by atoms with Gasteiger partial charge in [0.1, 0.15) is 5.75 Å². The molecule has 0 saturated carbocycles. The SMILES string of the molecule is CCOc1ccc(C2=CC(=O)CCC2C(=O)O)cc1. The molecular formula is C15H16O4. The van der Waals surface area contributed by atoms with E-state index in [0.29, 0.717) is 25.0 Å². The largest absolute Gasteiger partial charge is 0.494 e.